The monoisotopic (exact) mass is 317 g/mol. The van der Waals surface area contributed by atoms with E-state index in [0.717, 1.165) is 39.1 Å². The van der Waals surface area contributed by atoms with Crippen molar-refractivity contribution in [2.24, 2.45) is 5.16 Å². The summed E-state index contributed by atoms with van der Waals surface area (Å²) in [5.74, 6) is 0.830. The van der Waals surface area contributed by atoms with Gasteiger partial charge in [0.25, 0.3) is 0 Å². The van der Waals surface area contributed by atoms with Crippen molar-refractivity contribution in [3.8, 4) is 22.5 Å². The molecule has 2 heterocycles. The van der Waals surface area contributed by atoms with Crippen molar-refractivity contribution in [2.75, 3.05) is 7.11 Å². The number of aromatic nitrogens is 2. The first kappa shape index (κ1) is 14.3. The lowest BCUT2D eigenvalue weighted by molar-refractivity contribution is 0.215. The van der Waals surface area contributed by atoms with E-state index in [9.17, 15) is 0 Å². The Balaban J connectivity index is 1.74. The van der Waals surface area contributed by atoms with Crippen LogP contribution in [-0.4, -0.2) is 23.3 Å². The largest absolute Gasteiger partial charge is 0.472 e. The maximum absolute atomic E-state index is 5.16. The molecule has 0 saturated carbocycles. The van der Waals surface area contributed by atoms with Gasteiger partial charge in [0, 0.05) is 11.1 Å². The lowest BCUT2D eigenvalue weighted by Gasteiger charge is -2.00. The van der Waals surface area contributed by atoms with Gasteiger partial charge >= 0.3 is 0 Å². The van der Waals surface area contributed by atoms with Crippen LogP contribution in [-0.2, 0) is 4.84 Å². The molecule has 0 aliphatic carbocycles. The molecule has 2 aromatic heterocycles. The summed E-state index contributed by atoms with van der Waals surface area (Å²) in [4.78, 5) is 12.8. The predicted molar refractivity (Wildman–Crippen MR) is 93.8 cm³/mol. The number of hydrogen-bond donors (Lipinski definition) is 1. The van der Waals surface area contributed by atoms with Gasteiger partial charge in [-0.3, -0.25) is 0 Å². The van der Waals surface area contributed by atoms with E-state index in [2.05, 4.69) is 27.3 Å². The number of fused-ring (bicyclic) bond motifs is 1. The first-order chi connectivity index (χ1) is 11.8. The quantitative estimate of drug-likeness (QED) is 0.446. The highest BCUT2D eigenvalue weighted by Crippen LogP contribution is 2.26. The average molecular weight is 317 g/mol. The van der Waals surface area contributed by atoms with E-state index in [4.69, 9.17) is 9.25 Å². The zero-order valence-corrected chi connectivity index (χ0v) is 13.1. The first-order valence-corrected chi connectivity index (χ1v) is 7.53. The first-order valence-electron chi connectivity index (χ1n) is 7.53. The third kappa shape index (κ3) is 2.67. The fourth-order valence-corrected chi connectivity index (χ4v) is 2.63. The van der Waals surface area contributed by atoms with Crippen molar-refractivity contribution >= 4 is 17.2 Å². The number of nitrogens with zero attached hydrogens (tertiary/aromatic N) is 2. The molecule has 1 N–H and O–H groups in total. The van der Waals surface area contributed by atoms with Crippen LogP contribution in [0.4, 0.5) is 0 Å². The summed E-state index contributed by atoms with van der Waals surface area (Å²) in [6.45, 7) is 0. The van der Waals surface area contributed by atoms with Gasteiger partial charge in [-0.2, -0.15) is 0 Å². The minimum absolute atomic E-state index is 0.830. The molecule has 0 unspecified atom stereocenters. The van der Waals surface area contributed by atoms with Crippen molar-refractivity contribution in [2.45, 2.75) is 0 Å². The van der Waals surface area contributed by atoms with Crippen molar-refractivity contribution < 1.29 is 9.25 Å². The van der Waals surface area contributed by atoms with Gasteiger partial charge in [-0.25, -0.2) is 4.98 Å². The topological polar surface area (TPSA) is 63.4 Å². The van der Waals surface area contributed by atoms with Crippen LogP contribution in [0.1, 0.15) is 5.56 Å². The number of hydrogen-bond acceptors (Lipinski definition) is 4. The SMILES string of the molecule is CON=Cc1ccc2nc(-c3cccc(-c4ccoc4)c3)[nH]c2c1. The molecule has 0 aliphatic rings. The molecule has 0 amide bonds. The van der Waals surface area contributed by atoms with E-state index < -0.39 is 0 Å². The molecule has 4 aromatic rings. The van der Waals surface area contributed by atoms with Gasteiger partial charge in [-0.15, -0.1) is 0 Å². The van der Waals surface area contributed by atoms with Crippen molar-refractivity contribution in [1.29, 1.82) is 0 Å². The second kappa shape index (κ2) is 6.04. The number of imidazole rings is 1. The Morgan fingerprint density at radius 2 is 2.00 bits per heavy atom. The third-order valence-corrected chi connectivity index (χ3v) is 3.80. The highest BCUT2D eigenvalue weighted by molar-refractivity contribution is 5.88. The summed E-state index contributed by atoms with van der Waals surface area (Å²) in [7, 11) is 1.52. The van der Waals surface area contributed by atoms with E-state index in [-0.39, 0.29) is 0 Å². The highest BCUT2D eigenvalue weighted by Gasteiger charge is 2.07. The van der Waals surface area contributed by atoms with Crippen LogP contribution in [0.15, 0.2) is 70.6 Å². The van der Waals surface area contributed by atoms with Gasteiger partial charge in [0.15, 0.2) is 0 Å². The number of furan rings is 1. The Labute approximate surface area is 138 Å². The molecule has 24 heavy (non-hydrogen) atoms. The number of benzene rings is 2. The summed E-state index contributed by atoms with van der Waals surface area (Å²) >= 11 is 0. The molecule has 0 atom stereocenters. The minimum Gasteiger partial charge on any atom is -0.472 e. The van der Waals surface area contributed by atoms with Crippen molar-refractivity contribution in [3.05, 3.63) is 66.6 Å². The lowest BCUT2D eigenvalue weighted by Crippen LogP contribution is -1.82. The Morgan fingerprint density at radius 3 is 2.83 bits per heavy atom. The maximum Gasteiger partial charge on any atom is 0.138 e. The molecule has 4 rings (SSSR count). The van der Waals surface area contributed by atoms with Crippen LogP contribution in [0.3, 0.4) is 0 Å². The van der Waals surface area contributed by atoms with Crippen LogP contribution in [0.25, 0.3) is 33.5 Å². The average Bonchev–Trinajstić information content (AvgIpc) is 3.29. The molecule has 0 saturated heterocycles. The van der Waals surface area contributed by atoms with Crippen molar-refractivity contribution in [1.82, 2.24) is 9.97 Å². The Kier molecular flexibility index (Phi) is 3.59. The molecule has 118 valence electrons. The highest BCUT2D eigenvalue weighted by atomic mass is 16.6. The molecule has 2 aromatic carbocycles. The Hall–Kier alpha value is -3.34. The van der Waals surface area contributed by atoms with E-state index in [0.29, 0.717) is 0 Å². The predicted octanol–water partition coefficient (Wildman–Crippen LogP) is 4.47. The van der Waals surface area contributed by atoms with Gasteiger partial charge in [0.2, 0.25) is 0 Å². The molecular weight excluding hydrogens is 302 g/mol. The number of H-pyrrole nitrogens is 1. The van der Waals surface area contributed by atoms with Gasteiger partial charge in [0.05, 0.1) is 29.8 Å². The summed E-state index contributed by atoms with van der Waals surface area (Å²) < 4.78 is 5.16. The van der Waals surface area contributed by atoms with Crippen molar-refractivity contribution in [3.63, 3.8) is 0 Å². The summed E-state index contributed by atoms with van der Waals surface area (Å²) in [6, 6.07) is 16.1. The fourth-order valence-electron chi connectivity index (χ4n) is 2.63. The fraction of sp³-hybridized carbons (Fsp3) is 0.0526. The van der Waals surface area contributed by atoms with Gasteiger partial charge in [-0.05, 0) is 35.4 Å². The Bertz CT molecular complexity index is 1000. The van der Waals surface area contributed by atoms with E-state index in [1.807, 2.05) is 36.4 Å². The molecule has 5 nitrogen and oxygen atoms in total. The molecular formula is C19H15N3O2. The summed E-state index contributed by atoms with van der Waals surface area (Å²) in [5.41, 5.74) is 5.98. The van der Waals surface area contributed by atoms with Gasteiger partial charge in [0.1, 0.15) is 12.9 Å². The molecule has 0 spiro atoms. The normalized spacial score (nSPS) is 11.4. The number of aromatic amines is 1. The summed E-state index contributed by atoms with van der Waals surface area (Å²) in [5, 5.41) is 3.79. The van der Waals surface area contributed by atoms with Crippen LogP contribution >= 0.6 is 0 Å². The number of rotatable bonds is 4. The maximum atomic E-state index is 5.16. The summed E-state index contributed by atoms with van der Waals surface area (Å²) in [6.07, 6.45) is 5.07. The van der Waals surface area contributed by atoms with Crippen LogP contribution in [0, 0.1) is 0 Å². The van der Waals surface area contributed by atoms with Crippen LogP contribution in [0.5, 0.6) is 0 Å². The second-order valence-electron chi connectivity index (χ2n) is 5.37. The smallest absolute Gasteiger partial charge is 0.138 e. The zero-order chi connectivity index (χ0) is 16.4. The molecule has 0 radical (unpaired) electrons. The zero-order valence-electron chi connectivity index (χ0n) is 13.1. The molecule has 0 fully saturated rings. The van der Waals surface area contributed by atoms with E-state index in [1.165, 1.54) is 7.11 Å². The number of nitrogens with one attached hydrogen (secondary N) is 1. The standard InChI is InChI=1S/C19H15N3O2/c1-23-20-11-13-5-6-17-18(9-13)22-19(21-17)15-4-2-3-14(10-15)16-7-8-24-12-16/h2-12H,1H3,(H,21,22). The molecule has 0 bridgehead atoms. The van der Waals surface area contributed by atoms with E-state index in [1.54, 1.807) is 18.7 Å². The van der Waals surface area contributed by atoms with Gasteiger partial charge in [-0.1, -0.05) is 29.4 Å². The van der Waals surface area contributed by atoms with Gasteiger partial charge < -0.3 is 14.2 Å². The number of oxime groups is 1. The van der Waals surface area contributed by atoms with Crippen LogP contribution < -0.4 is 0 Å². The minimum atomic E-state index is 0.830. The molecule has 0 aliphatic heterocycles. The second-order valence-corrected chi connectivity index (χ2v) is 5.37. The third-order valence-electron chi connectivity index (χ3n) is 3.80. The van der Waals surface area contributed by atoms with E-state index >= 15 is 0 Å². The lowest BCUT2D eigenvalue weighted by atomic mass is 10.1. The Morgan fingerprint density at radius 1 is 1.08 bits per heavy atom. The molecule has 5 heteroatoms. The van der Waals surface area contributed by atoms with Crippen LogP contribution in [0.2, 0.25) is 0 Å².